The van der Waals surface area contributed by atoms with Crippen LogP contribution in [0.4, 0.5) is 0 Å². The second kappa shape index (κ2) is 7.46. The van der Waals surface area contributed by atoms with Gasteiger partial charge < -0.3 is 5.32 Å². The van der Waals surface area contributed by atoms with Crippen molar-refractivity contribution >= 4 is 33.1 Å². The van der Waals surface area contributed by atoms with Crippen LogP contribution in [0.5, 0.6) is 0 Å². The van der Waals surface area contributed by atoms with Crippen LogP contribution in [0.25, 0.3) is 0 Å². The van der Waals surface area contributed by atoms with Crippen molar-refractivity contribution in [3.63, 3.8) is 0 Å². The summed E-state index contributed by atoms with van der Waals surface area (Å²) in [7, 11) is -3.36. The lowest BCUT2D eigenvalue weighted by molar-refractivity contribution is 0.415. The molecule has 1 N–H and O–H groups in total. The van der Waals surface area contributed by atoms with Gasteiger partial charge in [-0.2, -0.15) is 16.1 Å². The molecule has 120 valence electrons. The Kier molecular flexibility index (Phi) is 6.14. The summed E-state index contributed by atoms with van der Waals surface area (Å²) in [4.78, 5) is 1.47. The fraction of sp³-hybridized carbons (Fsp3) is 0.714. The molecule has 0 amide bonds. The molecule has 1 fully saturated rings. The van der Waals surface area contributed by atoms with E-state index < -0.39 is 10.0 Å². The van der Waals surface area contributed by atoms with E-state index in [4.69, 9.17) is 0 Å². The molecule has 1 aliphatic heterocycles. The summed E-state index contributed by atoms with van der Waals surface area (Å²) in [6, 6.07) is 0. The predicted octanol–water partition coefficient (Wildman–Crippen LogP) is 2.68. The first kappa shape index (κ1) is 17.3. The van der Waals surface area contributed by atoms with Crippen LogP contribution in [-0.2, 0) is 16.6 Å². The van der Waals surface area contributed by atoms with Crippen LogP contribution in [0, 0.1) is 6.92 Å². The smallest absolute Gasteiger partial charge is 0.244 e. The highest BCUT2D eigenvalue weighted by atomic mass is 32.2. The van der Waals surface area contributed by atoms with Crippen LogP contribution in [-0.4, -0.2) is 43.4 Å². The molecule has 7 heteroatoms. The summed E-state index contributed by atoms with van der Waals surface area (Å²) in [6.07, 6.45) is 1.02. The van der Waals surface area contributed by atoms with Crippen molar-refractivity contribution in [3.05, 3.63) is 15.8 Å². The molecule has 1 aliphatic rings. The Morgan fingerprint density at radius 2 is 2.19 bits per heavy atom. The summed E-state index contributed by atoms with van der Waals surface area (Å²) in [6.45, 7) is 8.79. The van der Waals surface area contributed by atoms with Gasteiger partial charge in [-0.15, -0.1) is 11.3 Å². The molecule has 21 heavy (non-hydrogen) atoms. The molecular weight excluding hydrogens is 324 g/mol. The SMILES string of the molecule is CCNCc1scc(C)c1S(=O)(=O)N1CCSC(CC)C1. The molecule has 1 aromatic heterocycles. The molecule has 0 aliphatic carbocycles. The molecule has 1 aromatic rings. The van der Waals surface area contributed by atoms with Crippen molar-refractivity contribution < 1.29 is 8.42 Å². The average molecular weight is 349 g/mol. The minimum absolute atomic E-state index is 0.421. The monoisotopic (exact) mass is 348 g/mol. The lowest BCUT2D eigenvalue weighted by Gasteiger charge is -2.31. The summed E-state index contributed by atoms with van der Waals surface area (Å²) >= 11 is 3.43. The number of sulfonamides is 1. The van der Waals surface area contributed by atoms with Crippen molar-refractivity contribution in [1.82, 2.24) is 9.62 Å². The first-order valence-corrected chi connectivity index (χ1v) is 10.8. The number of thioether (sulfide) groups is 1. The summed E-state index contributed by atoms with van der Waals surface area (Å²) in [5.74, 6) is 0.892. The van der Waals surface area contributed by atoms with E-state index in [9.17, 15) is 8.42 Å². The molecule has 0 radical (unpaired) electrons. The van der Waals surface area contributed by atoms with Gasteiger partial charge in [-0.3, -0.25) is 0 Å². The van der Waals surface area contributed by atoms with Crippen molar-refractivity contribution in [2.24, 2.45) is 0 Å². The van der Waals surface area contributed by atoms with Crippen molar-refractivity contribution in [2.45, 2.75) is 43.9 Å². The number of nitrogens with one attached hydrogen (secondary N) is 1. The van der Waals surface area contributed by atoms with E-state index in [-0.39, 0.29) is 0 Å². The second-order valence-corrected chi connectivity index (χ2v) is 9.46. The summed E-state index contributed by atoms with van der Waals surface area (Å²) in [5, 5.41) is 5.61. The third kappa shape index (κ3) is 3.82. The van der Waals surface area contributed by atoms with E-state index >= 15 is 0 Å². The molecule has 1 saturated heterocycles. The van der Waals surface area contributed by atoms with Gasteiger partial charge >= 0.3 is 0 Å². The van der Waals surface area contributed by atoms with Gasteiger partial charge in [0.1, 0.15) is 4.90 Å². The number of rotatable bonds is 6. The minimum atomic E-state index is -3.36. The lowest BCUT2D eigenvalue weighted by Crippen LogP contribution is -2.42. The van der Waals surface area contributed by atoms with Gasteiger partial charge in [-0.25, -0.2) is 8.42 Å². The molecule has 4 nitrogen and oxygen atoms in total. The van der Waals surface area contributed by atoms with Crippen LogP contribution >= 0.6 is 23.1 Å². The molecule has 1 unspecified atom stereocenters. The van der Waals surface area contributed by atoms with Crippen LogP contribution in [0.1, 0.15) is 30.7 Å². The predicted molar refractivity (Wildman–Crippen MR) is 91.7 cm³/mol. The molecule has 0 spiro atoms. The maximum atomic E-state index is 13.0. The molecule has 0 aromatic carbocycles. The Morgan fingerprint density at radius 1 is 1.43 bits per heavy atom. The van der Waals surface area contributed by atoms with Crippen LogP contribution in [0.3, 0.4) is 0 Å². The van der Waals surface area contributed by atoms with Gasteiger partial charge in [-0.1, -0.05) is 13.8 Å². The maximum absolute atomic E-state index is 13.0. The van der Waals surface area contributed by atoms with Crippen molar-refractivity contribution in [3.8, 4) is 0 Å². The van der Waals surface area contributed by atoms with E-state index in [1.54, 1.807) is 4.31 Å². The van der Waals surface area contributed by atoms with Gasteiger partial charge in [0.2, 0.25) is 10.0 Å². The molecular formula is C14H24N2O2S3. The zero-order chi connectivity index (χ0) is 15.5. The second-order valence-electron chi connectivity index (χ2n) is 5.22. The van der Waals surface area contributed by atoms with Gasteiger partial charge in [0.25, 0.3) is 0 Å². The molecule has 2 heterocycles. The van der Waals surface area contributed by atoms with Gasteiger partial charge in [0.05, 0.1) is 0 Å². The van der Waals surface area contributed by atoms with Gasteiger partial charge in [0.15, 0.2) is 0 Å². The lowest BCUT2D eigenvalue weighted by atomic mass is 10.3. The highest BCUT2D eigenvalue weighted by Gasteiger charge is 2.33. The van der Waals surface area contributed by atoms with Crippen LogP contribution < -0.4 is 5.32 Å². The quantitative estimate of drug-likeness (QED) is 0.859. The Hall–Kier alpha value is -0.0800. The van der Waals surface area contributed by atoms with E-state index in [0.29, 0.717) is 29.8 Å². The van der Waals surface area contributed by atoms with Crippen LogP contribution in [0.15, 0.2) is 10.3 Å². The van der Waals surface area contributed by atoms with Crippen LogP contribution in [0.2, 0.25) is 0 Å². The maximum Gasteiger partial charge on any atom is 0.244 e. The largest absolute Gasteiger partial charge is 0.312 e. The highest BCUT2D eigenvalue weighted by molar-refractivity contribution is 8.00. The first-order valence-electron chi connectivity index (χ1n) is 7.40. The zero-order valence-electron chi connectivity index (χ0n) is 12.9. The van der Waals surface area contributed by atoms with Crippen molar-refractivity contribution in [1.29, 1.82) is 0 Å². The number of aryl methyl sites for hydroxylation is 1. The number of thiophene rings is 1. The van der Waals surface area contributed by atoms with Gasteiger partial charge in [0, 0.05) is 35.5 Å². The number of hydrogen-bond donors (Lipinski definition) is 1. The topological polar surface area (TPSA) is 49.4 Å². The summed E-state index contributed by atoms with van der Waals surface area (Å²) < 4.78 is 27.7. The number of hydrogen-bond acceptors (Lipinski definition) is 5. The first-order chi connectivity index (χ1) is 10.0. The minimum Gasteiger partial charge on any atom is -0.312 e. The molecule has 2 rings (SSSR count). The molecule has 1 atom stereocenters. The Balaban J connectivity index is 2.28. The Labute approximate surface area is 136 Å². The fourth-order valence-corrected chi connectivity index (χ4v) is 7.09. The average Bonchev–Trinajstić information content (AvgIpc) is 2.86. The van der Waals surface area contributed by atoms with E-state index in [1.165, 1.54) is 11.3 Å². The standard InChI is InChI=1S/C14H24N2O2S3/c1-4-12-9-16(6-7-19-12)21(17,18)14-11(3)10-20-13(14)8-15-5-2/h10,12,15H,4-9H2,1-3H3. The normalized spacial score (nSPS) is 20.8. The van der Waals surface area contributed by atoms with E-state index in [2.05, 4.69) is 12.2 Å². The molecule has 0 saturated carbocycles. The van der Waals surface area contributed by atoms with E-state index in [1.807, 2.05) is 31.0 Å². The third-order valence-corrected chi connectivity index (χ3v) is 8.38. The summed E-state index contributed by atoms with van der Waals surface area (Å²) in [5.41, 5.74) is 0.874. The third-order valence-electron chi connectivity index (χ3n) is 3.68. The fourth-order valence-electron chi connectivity index (χ4n) is 2.48. The zero-order valence-corrected chi connectivity index (χ0v) is 15.3. The molecule has 0 bridgehead atoms. The Bertz CT molecular complexity index is 569. The van der Waals surface area contributed by atoms with Crippen molar-refractivity contribution in [2.75, 3.05) is 25.4 Å². The van der Waals surface area contributed by atoms with E-state index in [0.717, 1.165) is 29.2 Å². The van der Waals surface area contributed by atoms with Gasteiger partial charge in [-0.05, 0) is 30.8 Å². The Morgan fingerprint density at radius 3 is 2.86 bits per heavy atom. The number of nitrogens with zero attached hydrogens (tertiary/aromatic N) is 1. The highest BCUT2D eigenvalue weighted by Crippen LogP contribution is 2.32.